The Kier molecular flexibility index (Phi) is 6.21. The van der Waals surface area contributed by atoms with Crippen molar-refractivity contribution in [3.8, 4) is 0 Å². The maximum Gasteiger partial charge on any atom is 0.248 e. The molecule has 0 spiro atoms. The van der Waals surface area contributed by atoms with Gasteiger partial charge in [-0.05, 0) is 30.5 Å². The molecule has 1 N–H and O–H groups in total. The third-order valence-electron chi connectivity index (χ3n) is 3.89. The highest BCUT2D eigenvalue weighted by Crippen LogP contribution is 2.12. The van der Waals surface area contributed by atoms with Crippen molar-refractivity contribution < 1.29 is 14.7 Å². The molecule has 1 aromatic rings. The summed E-state index contributed by atoms with van der Waals surface area (Å²) >= 11 is 5.84. The van der Waals surface area contributed by atoms with E-state index in [0.717, 1.165) is 17.9 Å². The number of halogens is 1. The Bertz CT molecular complexity index is 511. The molecule has 0 atom stereocenters. The third-order valence-corrected chi connectivity index (χ3v) is 4.14. The standard InChI is InChI=1S/C16H21ClN2O3/c17-14-6-4-13(5-7-14)2-1-3-15(21)18-8-10-19(11-9-18)16(22)12-20/h4-7,20H,1-3,8-12H2. The number of amides is 2. The third kappa shape index (κ3) is 4.71. The van der Waals surface area contributed by atoms with E-state index in [9.17, 15) is 9.59 Å². The summed E-state index contributed by atoms with van der Waals surface area (Å²) in [6.45, 7) is 1.64. The van der Waals surface area contributed by atoms with Gasteiger partial charge in [-0.2, -0.15) is 0 Å². The van der Waals surface area contributed by atoms with Gasteiger partial charge in [0.1, 0.15) is 6.61 Å². The molecule has 5 nitrogen and oxygen atoms in total. The first-order chi connectivity index (χ1) is 10.6. The van der Waals surface area contributed by atoms with E-state index in [4.69, 9.17) is 16.7 Å². The van der Waals surface area contributed by atoms with Gasteiger partial charge in [0.25, 0.3) is 0 Å². The van der Waals surface area contributed by atoms with Gasteiger partial charge in [0.15, 0.2) is 0 Å². The molecule has 1 fully saturated rings. The number of hydrogen-bond acceptors (Lipinski definition) is 3. The molecule has 0 aromatic heterocycles. The van der Waals surface area contributed by atoms with Gasteiger partial charge in [0.05, 0.1) is 0 Å². The predicted octanol–water partition coefficient (Wildman–Crippen LogP) is 1.33. The lowest BCUT2D eigenvalue weighted by atomic mass is 10.1. The summed E-state index contributed by atoms with van der Waals surface area (Å²) in [5.74, 6) is -0.139. The molecule has 0 unspecified atom stereocenters. The van der Waals surface area contributed by atoms with E-state index in [2.05, 4.69) is 0 Å². The van der Waals surface area contributed by atoms with E-state index in [1.807, 2.05) is 24.3 Å². The zero-order valence-corrected chi connectivity index (χ0v) is 13.3. The van der Waals surface area contributed by atoms with E-state index in [1.54, 1.807) is 9.80 Å². The Labute approximate surface area is 135 Å². The minimum atomic E-state index is -0.463. The largest absolute Gasteiger partial charge is 0.387 e. The number of benzene rings is 1. The van der Waals surface area contributed by atoms with Crippen molar-refractivity contribution >= 4 is 23.4 Å². The summed E-state index contributed by atoms with van der Waals surface area (Å²) in [5.41, 5.74) is 1.18. The molecule has 1 saturated heterocycles. The number of nitrogens with zero attached hydrogens (tertiary/aromatic N) is 2. The van der Waals surface area contributed by atoms with Crippen LogP contribution in [0.15, 0.2) is 24.3 Å². The molecule has 120 valence electrons. The molecule has 2 amide bonds. The Hall–Kier alpha value is -1.59. The molecular weight excluding hydrogens is 304 g/mol. The fraction of sp³-hybridized carbons (Fsp3) is 0.500. The van der Waals surface area contributed by atoms with Gasteiger partial charge in [0, 0.05) is 37.6 Å². The van der Waals surface area contributed by atoms with Crippen LogP contribution in [-0.4, -0.2) is 59.5 Å². The SMILES string of the molecule is O=C(CO)N1CCN(C(=O)CCCc2ccc(Cl)cc2)CC1. The van der Waals surface area contributed by atoms with Crippen LogP contribution in [0.25, 0.3) is 0 Å². The summed E-state index contributed by atoms with van der Waals surface area (Å²) in [4.78, 5) is 26.9. The van der Waals surface area contributed by atoms with Gasteiger partial charge in [-0.3, -0.25) is 9.59 Å². The molecular formula is C16H21ClN2O3. The number of aryl methyl sites for hydroxylation is 1. The van der Waals surface area contributed by atoms with E-state index < -0.39 is 6.61 Å². The van der Waals surface area contributed by atoms with Crippen molar-refractivity contribution in [2.45, 2.75) is 19.3 Å². The first-order valence-electron chi connectivity index (χ1n) is 7.51. The highest BCUT2D eigenvalue weighted by atomic mass is 35.5. The fourth-order valence-corrected chi connectivity index (χ4v) is 2.68. The van der Waals surface area contributed by atoms with Crippen LogP contribution in [0.1, 0.15) is 18.4 Å². The number of piperazine rings is 1. The van der Waals surface area contributed by atoms with Crippen molar-refractivity contribution in [2.24, 2.45) is 0 Å². The second-order valence-corrected chi connectivity index (χ2v) is 5.84. The maximum atomic E-state index is 12.1. The molecule has 0 bridgehead atoms. The van der Waals surface area contributed by atoms with E-state index in [0.29, 0.717) is 32.6 Å². The quantitative estimate of drug-likeness (QED) is 0.888. The number of aliphatic hydroxyl groups is 1. The lowest BCUT2D eigenvalue weighted by molar-refractivity contribution is -0.141. The fourth-order valence-electron chi connectivity index (χ4n) is 2.56. The summed E-state index contributed by atoms with van der Waals surface area (Å²) in [6, 6.07) is 7.67. The summed E-state index contributed by atoms with van der Waals surface area (Å²) in [7, 11) is 0. The van der Waals surface area contributed by atoms with Crippen LogP contribution in [0.4, 0.5) is 0 Å². The topological polar surface area (TPSA) is 60.9 Å². The van der Waals surface area contributed by atoms with Crippen molar-refractivity contribution in [3.63, 3.8) is 0 Å². The summed E-state index contributed by atoms with van der Waals surface area (Å²) < 4.78 is 0. The highest BCUT2D eigenvalue weighted by molar-refractivity contribution is 6.30. The van der Waals surface area contributed by atoms with Crippen LogP contribution >= 0.6 is 11.6 Å². The van der Waals surface area contributed by atoms with Gasteiger partial charge in [-0.15, -0.1) is 0 Å². The molecule has 0 saturated carbocycles. The molecule has 1 aliphatic rings. The molecule has 6 heteroatoms. The summed E-state index contributed by atoms with van der Waals surface area (Å²) in [5, 5.41) is 9.54. The normalized spacial score (nSPS) is 15.0. The lowest BCUT2D eigenvalue weighted by Gasteiger charge is -2.34. The molecule has 1 aliphatic heterocycles. The first-order valence-corrected chi connectivity index (χ1v) is 7.89. The minimum Gasteiger partial charge on any atom is -0.387 e. The van der Waals surface area contributed by atoms with Crippen LogP contribution in [0.5, 0.6) is 0 Å². The van der Waals surface area contributed by atoms with Gasteiger partial charge in [-0.1, -0.05) is 23.7 Å². The monoisotopic (exact) mass is 324 g/mol. The minimum absolute atomic E-state index is 0.130. The average molecular weight is 325 g/mol. The predicted molar refractivity (Wildman–Crippen MR) is 84.6 cm³/mol. The highest BCUT2D eigenvalue weighted by Gasteiger charge is 2.23. The van der Waals surface area contributed by atoms with Gasteiger partial charge in [-0.25, -0.2) is 0 Å². The van der Waals surface area contributed by atoms with E-state index in [-0.39, 0.29) is 11.8 Å². The van der Waals surface area contributed by atoms with Gasteiger partial charge in [0.2, 0.25) is 11.8 Å². The lowest BCUT2D eigenvalue weighted by Crippen LogP contribution is -2.51. The number of carbonyl (C=O) groups is 2. The Balaban J connectivity index is 1.70. The van der Waals surface area contributed by atoms with Crippen molar-refractivity contribution in [2.75, 3.05) is 32.8 Å². The molecule has 2 rings (SSSR count). The number of carbonyl (C=O) groups excluding carboxylic acids is 2. The number of rotatable bonds is 5. The second kappa shape index (κ2) is 8.15. The Morgan fingerprint density at radius 1 is 1.00 bits per heavy atom. The molecule has 22 heavy (non-hydrogen) atoms. The van der Waals surface area contributed by atoms with E-state index in [1.165, 1.54) is 5.56 Å². The Morgan fingerprint density at radius 3 is 2.09 bits per heavy atom. The Morgan fingerprint density at radius 2 is 1.55 bits per heavy atom. The van der Waals surface area contributed by atoms with Crippen LogP contribution in [0, 0.1) is 0 Å². The number of hydrogen-bond donors (Lipinski definition) is 1. The maximum absolute atomic E-state index is 12.1. The van der Waals surface area contributed by atoms with Crippen molar-refractivity contribution in [1.29, 1.82) is 0 Å². The molecule has 0 aliphatic carbocycles. The van der Waals surface area contributed by atoms with Gasteiger partial charge >= 0.3 is 0 Å². The zero-order valence-electron chi connectivity index (χ0n) is 12.5. The zero-order chi connectivity index (χ0) is 15.9. The molecule has 0 radical (unpaired) electrons. The molecule has 1 aromatic carbocycles. The average Bonchev–Trinajstić information content (AvgIpc) is 2.56. The van der Waals surface area contributed by atoms with Crippen LogP contribution in [0.2, 0.25) is 5.02 Å². The van der Waals surface area contributed by atoms with Crippen LogP contribution in [0.3, 0.4) is 0 Å². The van der Waals surface area contributed by atoms with Crippen molar-refractivity contribution in [1.82, 2.24) is 9.80 Å². The second-order valence-electron chi connectivity index (χ2n) is 5.40. The summed E-state index contributed by atoms with van der Waals surface area (Å²) in [6.07, 6.45) is 2.17. The smallest absolute Gasteiger partial charge is 0.248 e. The number of aliphatic hydroxyl groups excluding tert-OH is 1. The van der Waals surface area contributed by atoms with Crippen LogP contribution < -0.4 is 0 Å². The van der Waals surface area contributed by atoms with Crippen molar-refractivity contribution in [3.05, 3.63) is 34.9 Å². The van der Waals surface area contributed by atoms with Crippen LogP contribution in [-0.2, 0) is 16.0 Å². The first kappa shape index (κ1) is 16.8. The van der Waals surface area contributed by atoms with Gasteiger partial charge < -0.3 is 14.9 Å². The molecule has 1 heterocycles. The van der Waals surface area contributed by atoms with E-state index >= 15 is 0 Å².